The monoisotopic (exact) mass is 1570 g/mol. The molecule has 0 aliphatic carbocycles. The van der Waals surface area contributed by atoms with Crippen molar-refractivity contribution >= 4 is 70.3 Å². The van der Waals surface area contributed by atoms with Crippen molar-refractivity contribution < 1.29 is 127 Å². The highest BCUT2D eigenvalue weighted by atomic mass is 35.5. The summed E-state index contributed by atoms with van der Waals surface area (Å²) in [6, 6.07) is 5.93. The number of nitrogens with one attached hydrogen (secondary N) is 4. The number of carbonyl (C=O) groups excluding carboxylic acids is 7. The number of hydrogen-bond acceptors (Lipinski definition) is 27. The molecule has 3 saturated heterocycles. The Labute approximate surface area is 639 Å². The van der Waals surface area contributed by atoms with Gasteiger partial charge in [0.05, 0.1) is 52.9 Å². The Morgan fingerprint density at radius 2 is 1.26 bits per heavy atom. The smallest absolute Gasteiger partial charge is 0.330 e. The number of fused-ring (bicyclic) bond motifs is 15. The number of aliphatic hydroxyl groups excluding tert-OH is 6. The molecule has 594 valence electrons. The lowest BCUT2D eigenvalue weighted by atomic mass is 9.84. The Morgan fingerprint density at radius 1 is 0.673 bits per heavy atom. The minimum atomic E-state index is -2.27. The number of aromatic hydroxyl groups is 3. The van der Waals surface area contributed by atoms with E-state index in [2.05, 4.69) is 21.3 Å². The number of ether oxygens (including phenoxy) is 8. The highest BCUT2D eigenvalue weighted by molar-refractivity contribution is 6.32. The lowest BCUT2D eigenvalue weighted by Gasteiger charge is -2.47. The van der Waals surface area contributed by atoms with Gasteiger partial charge in [0.25, 0.3) is 0 Å². The van der Waals surface area contributed by atoms with Gasteiger partial charge in [0, 0.05) is 71.9 Å². The lowest BCUT2D eigenvalue weighted by molar-refractivity contribution is -0.333. The molecule has 35 heteroatoms. The van der Waals surface area contributed by atoms with Gasteiger partial charge in [-0.3, -0.25) is 33.6 Å². The fraction of sp³-hybridized carbons (Fsp3) is 0.493. The molecule has 0 radical (unpaired) electrons. The van der Waals surface area contributed by atoms with Crippen molar-refractivity contribution in [3.63, 3.8) is 0 Å². The van der Waals surface area contributed by atoms with Gasteiger partial charge in [-0.2, -0.15) is 0 Å². The van der Waals surface area contributed by atoms with Crippen molar-refractivity contribution in [3.8, 4) is 57.1 Å². The zero-order valence-corrected chi connectivity index (χ0v) is 62.1. The van der Waals surface area contributed by atoms with Crippen LogP contribution < -0.4 is 52.7 Å². The first-order chi connectivity index (χ1) is 51.7. The molecule has 3 fully saturated rings. The van der Waals surface area contributed by atoms with Crippen LogP contribution in [-0.2, 0) is 62.0 Å². The number of carbonyl (C=O) groups is 8. The van der Waals surface area contributed by atoms with E-state index >= 15 is 24.0 Å². The summed E-state index contributed by atoms with van der Waals surface area (Å²) in [5.41, 5.74) is 13.8. The van der Waals surface area contributed by atoms with E-state index in [-0.39, 0.29) is 52.0 Å². The molecule has 5 aromatic carbocycles. The molecule has 0 aromatic heterocycles. The molecule has 8 heterocycles. The number of benzene rings is 5. The topological polar surface area (TPSA) is 539 Å². The van der Waals surface area contributed by atoms with E-state index in [1.54, 1.807) is 6.92 Å². The van der Waals surface area contributed by atoms with Gasteiger partial charge < -0.3 is 127 Å². The maximum absolute atomic E-state index is 16.5. The molecule has 20 N–H and O–H groups in total. The number of halogens is 2. The third-order valence-electron chi connectivity index (χ3n) is 20.6. The van der Waals surface area contributed by atoms with Gasteiger partial charge in [0.2, 0.25) is 41.6 Å². The number of phenolic OH excluding ortho intramolecular Hbond substituents is 3. The summed E-state index contributed by atoms with van der Waals surface area (Å²) in [7, 11) is 0. The number of carboxylic acid groups (broad SMARTS) is 1. The van der Waals surface area contributed by atoms with Crippen LogP contribution in [-0.4, -0.2) is 196 Å². The minimum absolute atomic E-state index is 0.0317. The Morgan fingerprint density at radius 3 is 1.84 bits per heavy atom. The summed E-state index contributed by atoms with van der Waals surface area (Å²) in [5, 5.41) is 124. The van der Waals surface area contributed by atoms with Crippen LogP contribution >= 0.6 is 23.2 Å². The van der Waals surface area contributed by atoms with Crippen LogP contribution in [0.1, 0.15) is 145 Å². The van der Waals surface area contributed by atoms with Crippen LogP contribution in [0.25, 0.3) is 11.1 Å². The molecule has 8 aliphatic rings. The van der Waals surface area contributed by atoms with Gasteiger partial charge in [-0.1, -0.05) is 62.2 Å². The lowest BCUT2D eigenvalue weighted by Crippen LogP contribution is -2.64. The predicted molar refractivity (Wildman–Crippen MR) is 385 cm³/mol. The molecule has 13 unspecified atom stereocenters. The molecule has 5 amide bonds. The molecule has 22 atom stereocenters. The van der Waals surface area contributed by atoms with Crippen molar-refractivity contribution in [1.29, 1.82) is 0 Å². The molecule has 11 bridgehead atoms. The number of carboxylic acids is 1. The number of rotatable bonds is 14. The van der Waals surface area contributed by atoms with E-state index in [1.165, 1.54) is 64.1 Å². The number of primary amides is 1. The van der Waals surface area contributed by atoms with Crippen LogP contribution in [0.2, 0.25) is 10.0 Å². The molecule has 0 spiro atoms. The van der Waals surface area contributed by atoms with E-state index in [4.69, 9.17) is 78.3 Å². The second kappa shape index (κ2) is 32.8. The zero-order valence-electron chi connectivity index (χ0n) is 60.6. The second-order valence-corrected chi connectivity index (χ2v) is 30.7. The Bertz CT molecular complexity index is 4390. The second-order valence-electron chi connectivity index (χ2n) is 29.9. The van der Waals surface area contributed by atoms with Gasteiger partial charge in [0.1, 0.15) is 77.4 Å². The molecule has 110 heavy (non-hydrogen) atoms. The van der Waals surface area contributed by atoms with Crippen LogP contribution in [0.5, 0.6) is 46.0 Å². The Kier molecular flexibility index (Phi) is 24.5. The number of ketones is 2. The third kappa shape index (κ3) is 17.4. The summed E-state index contributed by atoms with van der Waals surface area (Å²) < 4.78 is 51.8. The molecule has 8 aliphatic heterocycles. The molecular weight excluding hydrogens is 1490 g/mol. The average Bonchev–Trinajstić information content (AvgIpc) is 0.763. The fourth-order valence-electron chi connectivity index (χ4n) is 14.8. The summed E-state index contributed by atoms with van der Waals surface area (Å²) >= 11 is 14.5. The van der Waals surface area contributed by atoms with E-state index < -0.39 is 268 Å². The van der Waals surface area contributed by atoms with E-state index in [0.717, 1.165) is 42.5 Å². The van der Waals surface area contributed by atoms with Gasteiger partial charge in [-0.05, 0) is 117 Å². The maximum Gasteiger partial charge on any atom is 0.330 e. The largest absolute Gasteiger partial charge is 0.508 e. The van der Waals surface area contributed by atoms with Crippen LogP contribution in [0, 0.1) is 17.8 Å². The number of aliphatic carboxylic acids is 1. The molecule has 5 aromatic rings. The van der Waals surface area contributed by atoms with Crippen molar-refractivity contribution in [2.24, 2.45) is 35.0 Å². The van der Waals surface area contributed by atoms with E-state index in [1.807, 2.05) is 13.8 Å². The average molecular weight is 1580 g/mol. The number of phenols is 3. The van der Waals surface area contributed by atoms with E-state index in [0.29, 0.717) is 6.42 Å². The standard InChI is InChI=1S/C75H89Cl2N7O26/c1-28(2)14-29(3)68(97)83-58-45(89)18-36(21-52(78)91)69(98)81-56-35-19-49(105-47-12-9-33(60(58)92)16-41(47)76)64(110-73-65(62(94)61(93)51(27-85)107-73)109-54-26-75(7,80)67(96)31(5)104-54)50(20-35)106-48-13-10-34(17-42(48)77)63(108-53-25-74(6,79)66(95)30(4)103-53)59-71(100)82-57(72(101)102)40-22-37(86)23-44(88)55(40)39-15-32(8-11-43(39)87)38(24-46(56)90)70(99)84-59/h8-13,15-17,19-20,22-23,28-31,36,38,51,53-54,56-63,65-67,73,85-88,92-96H,14,18,21,24-27,79-80H2,1-7H3,(H2,78,91)(H,81,98)(H,82,100)(H,83,97)(H,84,99)(H,101,102)/t29-,30?,31?,36+,38-,51?,53?,54?,56-,57+,58+,59+,60-,61?,62?,63-,65?,66?,67?,73?,74?,75?/m1/s1. The highest BCUT2D eigenvalue weighted by Crippen LogP contribution is 2.51. The maximum atomic E-state index is 16.5. The number of amides is 5. The van der Waals surface area contributed by atoms with Gasteiger partial charge >= 0.3 is 5.97 Å². The van der Waals surface area contributed by atoms with Crippen LogP contribution in [0.3, 0.4) is 0 Å². The number of hydrogen-bond donors (Lipinski definition) is 17. The number of nitrogens with two attached hydrogens (primary N) is 3. The Balaban J connectivity index is 1.19. The van der Waals surface area contributed by atoms with Crippen molar-refractivity contribution in [3.05, 3.63) is 117 Å². The molecule has 0 saturated carbocycles. The molecular formula is C75H89Cl2N7O26. The van der Waals surface area contributed by atoms with Crippen LogP contribution in [0.15, 0.2) is 78.9 Å². The SMILES string of the molecule is CC(C)C[C@@H](C)C(=O)N[C@H]1C(=O)C[C@@H](CC(N)=O)C(=O)N[C@H]2C(=O)C[C@H]3C(=O)N[C@H](C(=O)N[C@H](C(=O)O)c4cc(O)cc(O)c4-c4cc3ccc4O)[C@H](OC3CC(C)(N)C(O)C(C)O3)c3ccc(c(Cl)c3)Oc3cc2cc(c3OC2OC(CO)C(O)C(O)C2OC2CC(C)(N)C(O)C(C)O2)Oc2ccc(cc2Cl)[C@H]1O. The van der Waals surface area contributed by atoms with Crippen molar-refractivity contribution in [1.82, 2.24) is 21.3 Å². The minimum Gasteiger partial charge on any atom is -0.508 e. The highest BCUT2D eigenvalue weighted by Gasteiger charge is 2.52. The van der Waals surface area contributed by atoms with Crippen molar-refractivity contribution in [2.45, 2.75) is 208 Å². The van der Waals surface area contributed by atoms with Crippen LogP contribution in [0.4, 0.5) is 0 Å². The van der Waals surface area contributed by atoms with Gasteiger partial charge in [0.15, 0.2) is 47.8 Å². The summed E-state index contributed by atoms with van der Waals surface area (Å²) in [4.78, 5) is 120. The van der Waals surface area contributed by atoms with Crippen molar-refractivity contribution in [2.75, 3.05) is 6.61 Å². The first-order valence-electron chi connectivity index (χ1n) is 35.5. The summed E-state index contributed by atoms with van der Waals surface area (Å²) in [6.07, 6.45) is -24.3. The molecule has 13 rings (SSSR count). The quantitative estimate of drug-likeness (QED) is 0.0757. The zero-order chi connectivity index (χ0) is 80.2. The van der Waals surface area contributed by atoms with E-state index in [9.17, 15) is 65.4 Å². The number of Topliss-reactive ketones (excluding diaryl/α,β-unsaturated/α-hetero) is 2. The summed E-state index contributed by atoms with van der Waals surface area (Å²) in [6.45, 7) is 10.3. The first kappa shape index (κ1) is 82.1. The third-order valence-corrected chi connectivity index (χ3v) is 21.2. The normalized spacial score (nSPS) is 32.4. The first-order valence-corrected chi connectivity index (χ1v) is 36.3. The molecule has 33 nitrogen and oxygen atoms in total. The Hall–Kier alpha value is -8.88. The van der Waals surface area contributed by atoms with Gasteiger partial charge in [-0.25, -0.2) is 4.79 Å². The van der Waals surface area contributed by atoms with Gasteiger partial charge in [-0.15, -0.1) is 0 Å². The number of aliphatic hydroxyl groups is 6. The fourth-order valence-corrected chi connectivity index (χ4v) is 15.3. The predicted octanol–water partition coefficient (Wildman–Crippen LogP) is 3.37. The summed E-state index contributed by atoms with van der Waals surface area (Å²) in [5.74, 6) is -19.2.